The summed E-state index contributed by atoms with van der Waals surface area (Å²) in [5, 5.41) is 5.22. The number of aryl methyl sites for hydroxylation is 1. The van der Waals surface area contributed by atoms with Gasteiger partial charge in [-0.2, -0.15) is 0 Å². The van der Waals surface area contributed by atoms with Gasteiger partial charge in [-0.05, 0) is 67.9 Å². The zero-order valence-electron chi connectivity index (χ0n) is 23.0. The fraction of sp³-hybridized carbons (Fsp3) is 0.121. The number of aromatic nitrogens is 2. The minimum atomic E-state index is -0.617. The molecule has 1 aromatic heterocycles. The molecule has 206 valence electrons. The summed E-state index contributed by atoms with van der Waals surface area (Å²) in [6.45, 7) is 3.75. The average Bonchev–Trinajstić information content (AvgIpc) is 3.20. The molecule has 2 N–H and O–H groups in total. The van der Waals surface area contributed by atoms with Crippen LogP contribution in [0.15, 0.2) is 119 Å². The van der Waals surface area contributed by atoms with E-state index in [2.05, 4.69) is 10.6 Å². The van der Waals surface area contributed by atoms with E-state index in [4.69, 9.17) is 0 Å². The molecule has 0 saturated heterocycles. The van der Waals surface area contributed by atoms with E-state index in [-0.39, 0.29) is 23.1 Å². The number of nitrogens with one attached hydrogen (secondary N) is 2. The number of carbonyl (C=O) groups is 2. The van der Waals surface area contributed by atoms with E-state index >= 15 is 0 Å². The van der Waals surface area contributed by atoms with Crippen LogP contribution in [0, 0.1) is 13.8 Å². The van der Waals surface area contributed by atoms with Crippen LogP contribution in [0.5, 0.6) is 0 Å². The summed E-state index contributed by atoms with van der Waals surface area (Å²) in [6, 6.07) is 33.6. The molecular formula is C33H30N4O3S. The first-order valence-corrected chi connectivity index (χ1v) is 14.0. The van der Waals surface area contributed by atoms with Gasteiger partial charge in [0.15, 0.2) is 0 Å². The monoisotopic (exact) mass is 562 g/mol. The molecular weight excluding hydrogens is 532 g/mol. The maximum absolute atomic E-state index is 13.7. The van der Waals surface area contributed by atoms with Gasteiger partial charge in [0.1, 0.15) is 10.9 Å². The van der Waals surface area contributed by atoms with Crippen molar-refractivity contribution < 1.29 is 9.59 Å². The minimum Gasteiger partial charge on any atom is -0.322 e. The predicted octanol–water partition coefficient (Wildman–Crippen LogP) is 6.52. The van der Waals surface area contributed by atoms with Crippen molar-refractivity contribution in [3.05, 3.63) is 142 Å². The van der Waals surface area contributed by atoms with E-state index in [1.807, 2.05) is 117 Å². The quantitative estimate of drug-likeness (QED) is 0.211. The van der Waals surface area contributed by atoms with Gasteiger partial charge in [-0.25, -0.2) is 4.68 Å². The van der Waals surface area contributed by atoms with Gasteiger partial charge in [-0.15, -0.1) is 11.8 Å². The Morgan fingerprint density at radius 2 is 1.44 bits per heavy atom. The number of para-hydroxylation sites is 1. The van der Waals surface area contributed by atoms with Crippen molar-refractivity contribution in [2.45, 2.75) is 24.0 Å². The van der Waals surface area contributed by atoms with Gasteiger partial charge in [0.25, 0.3) is 11.5 Å². The highest BCUT2D eigenvalue weighted by Gasteiger charge is 2.26. The number of anilines is 2. The highest BCUT2D eigenvalue weighted by atomic mass is 32.2. The molecule has 1 heterocycles. The summed E-state index contributed by atoms with van der Waals surface area (Å²) in [7, 11) is 1.79. The molecule has 5 rings (SSSR count). The van der Waals surface area contributed by atoms with Crippen LogP contribution in [0.3, 0.4) is 0 Å². The number of carbonyl (C=O) groups excluding carboxylic acids is 2. The van der Waals surface area contributed by atoms with Gasteiger partial charge in [-0.1, -0.05) is 66.2 Å². The van der Waals surface area contributed by atoms with Crippen LogP contribution >= 0.6 is 11.8 Å². The number of amides is 2. The Labute approximate surface area is 242 Å². The SMILES string of the molecule is Cc1cccc(C(=O)Nc2ccc(SC(C(=O)Nc3c(C)n(C)n(-c4ccccc4)c3=O)c3ccccc3)cc2)c1. The molecule has 0 aliphatic heterocycles. The Hall–Kier alpha value is -4.82. The summed E-state index contributed by atoms with van der Waals surface area (Å²) >= 11 is 1.37. The first kappa shape index (κ1) is 27.7. The lowest BCUT2D eigenvalue weighted by Crippen LogP contribution is -2.25. The first-order chi connectivity index (χ1) is 19.8. The van der Waals surface area contributed by atoms with Gasteiger partial charge in [0, 0.05) is 23.2 Å². The number of benzene rings is 4. The standard InChI is InChI=1S/C33H30N4O3S/c1-22-11-10-14-25(21-22)31(38)34-26-17-19-28(20-18-26)41-30(24-12-6-4-7-13-24)32(39)35-29-23(2)36(3)37(33(29)40)27-15-8-5-9-16-27/h4-21,30H,1-3H3,(H,34,38)(H,35,39). The Morgan fingerprint density at radius 3 is 2.10 bits per heavy atom. The maximum atomic E-state index is 13.7. The van der Waals surface area contributed by atoms with Crippen molar-refractivity contribution in [1.29, 1.82) is 0 Å². The van der Waals surface area contributed by atoms with Crippen molar-refractivity contribution in [3.63, 3.8) is 0 Å². The zero-order chi connectivity index (χ0) is 28.9. The third kappa shape index (κ3) is 6.18. The second-order valence-corrected chi connectivity index (χ2v) is 10.9. The summed E-state index contributed by atoms with van der Waals surface area (Å²) in [5.74, 6) is -0.487. The Bertz CT molecular complexity index is 1740. The molecule has 2 amide bonds. The van der Waals surface area contributed by atoms with Crippen LogP contribution in [0.25, 0.3) is 5.69 Å². The van der Waals surface area contributed by atoms with Crippen LogP contribution < -0.4 is 16.2 Å². The van der Waals surface area contributed by atoms with E-state index in [0.717, 1.165) is 16.0 Å². The normalized spacial score (nSPS) is 11.6. The fourth-order valence-electron chi connectivity index (χ4n) is 4.54. The van der Waals surface area contributed by atoms with Gasteiger partial charge in [0.05, 0.1) is 11.4 Å². The van der Waals surface area contributed by atoms with E-state index < -0.39 is 5.25 Å². The van der Waals surface area contributed by atoms with E-state index in [1.165, 1.54) is 11.8 Å². The molecule has 5 aromatic rings. The lowest BCUT2D eigenvalue weighted by molar-refractivity contribution is -0.115. The lowest BCUT2D eigenvalue weighted by atomic mass is 10.1. The van der Waals surface area contributed by atoms with Crippen molar-refractivity contribution in [2.24, 2.45) is 7.05 Å². The predicted molar refractivity (Wildman–Crippen MR) is 165 cm³/mol. The molecule has 0 fully saturated rings. The molecule has 7 nitrogen and oxygen atoms in total. The molecule has 8 heteroatoms. The molecule has 1 unspecified atom stereocenters. The van der Waals surface area contributed by atoms with Crippen molar-refractivity contribution in [2.75, 3.05) is 10.6 Å². The molecule has 0 spiro atoms. The Morgan fingerprint density at radius 1 is 0.780 bits per heavy atom. The van der Waals surface area contributed by atoms with Crippen LogP contribution in [-0.4, -0.2) is 21.2 Å². The summed E-state index contributed by atoms with van der Waals surface area (Å²) < 4.78 is 3.28. The number of rotatable bonds is 8. The summed E-state index contributed by atoms with van der Waals surface area (Å²) in [5.41, 5.74) is 4.38. The maximum Gasteiger partial charge on any atom is 0.295 e. The van der Waals surface area contributed by atoms with Gasteiger partial charge >= 0.3 is 0 Å². The van der Waals surface area contributed by atoms with Crippen molar-refractivity contribution >= 4 is 35.0 Å². The number of nitrogens with zero attached hydrogens (tertiary/aromatic N) is 2. The molecule has 41 heavy (non-hydrogen) atoms. The molecule has 1 atom stereocenters. The lowest BCUT2D eigenvalue weighted by Gasteiger charge is -2.17. The molecule has 0 aliphatic carbocycles. The zero-order valence-corrected chi connectivity index (χ0v) is 23.8. The Kier molecular flexibility index (Phi) is 8.21. The van der Waals surface area contributed by atoms with E-state index in [1.54, 1.807) is 22.5 Å². The smallest absolute Gasteiger partial charge is 0.295 e. The fourth-order valence-corrected chi connectivity index (χ4v) is 5.57. The average molecular weight is 563 g/mol. The third-order valence-corrected chi connectivity index (χ3v) is 8.06. The molecule has 0 aliphatic rings. The third-order valence-electron chi connectivity index (χ3n) is 6.79. The van der Waals surface area contributed by atoms with Crippen LogP contribution in [0.1, 0.15) is 32.4 Å². The van der Waals surface area contributed by atoms with E-state index in [9.17, 15) is 14.4 Å². The summed E-state index contributed by atoms with van der Waals surface area (Å²) in [6.07, 6.45) is 0. The van der Waals surface area contributed by atoms with Crippen LogP contribution in [0.2, 0.25) is 0 Å². The largest absolute Gasteiger partial charge is 0.322 e. The molecule has 0 radical (unpaired) electrons. The molecule has 0 saturated carbocycles. The number of hydrogen-bond acceptors (Lipinski definition) is 4. The number of thioether (sulfide) groups is 1. The molecule has 4 aromatic carbocycles. The highest BCUT2D eigenvalue weighted by Crippen LogP contribution is 2.37. The van der Waals surface area contributed by atoms with Crippen molar-refractivity contribution in [3.8, 4) is 5.69 Å². The van der Waals surface area contributed by atoms with Gasteiger partial charge < -0.3 is 10.6 Å². The van der Waals surface area contributed by atoms with Crippen LogP contribution in [0.4, 0.5) is 11.4 Å². The number of hydrogen-bond donors (Lipinski definition) is 2. The van der Waals surface area contributed by atoms with E-state index in [0.29, 0.717) is 22.6 Å². The van der Waals surface area contributed by atoms with Crippen molar-refractivity contribution in [1.82, 2.24) is 9.36 Å². The topological polar surface area (TPSA) is 85.1 Å². The second-order valence-electron chi connectivity index (χ2n) is 9.68. The Balaban J connectivity index is 1.37. The molecule has 0 bridgehead atoms. The summed E-state index contributed by atoms with van der Waals surface area (Å²) in [4.78, 5) is 40.6. The first-order valence-electron chi connectivity index (χ1n) is 13.2. The van der Waals surface area contributed by atoms with Gasteiger partial charge in [0.2, 0.25) is 5.91 Å². The van der Waals surface area contributed by atoms with Crippen LogP contribution in [-0.2, 0) is 11.8 Å². The highest BCUT2D eigenvalue weighted by molar-refractivity contribution is 8.00. The minimum absolute atomic E-state index is 0.185. The van der Waals surface area contributed by atoms with Gasteiger partial charge in [-0.3, -0.25) is 19.1 Å². The second kappa shape index (κ2) is 12.1.